The van der Waals surface area contributed by atoms with Gasteiger partial charge in [0.25, 0.3) is 0 Å². The number of hydrogen-bond donors (Lipinski definition) is 0. The average Bonchev–Trinajstić information content (AvgIpc) is 3.01. The molecule has 2 aromatic rings. The van der Waals surface area contributed by atoms with Crippen LogP contribution in [0.4, 0.5) is 0 Å². The fourth-order valence-electron chi connectivity index (χ4n) is 2.22. The van der Waals surface area contributed by atoms with E-state index in [0.717, 1.165) is 29.8 Å². The van der Waals surface area contributed by atoms with Crippen molar-refractivity contribution >= 4 is 5.97 Å². The summed E-state index contributed by atoms with van der Waals surface area (Å²) in [6.07, 6.45) is 8.51. The first-order valence-corrected chi connectivity index (χ1v) is 7.15. The quantitative estimate of drug-likeness (QED) is 0.600. The number of nitrogens with zero attached hydrogens (tertiary/aromatic N) is 2. The van der Waals surface area contributed by atoms with E-state index in [1.54, 1.807) is 12.1 Å². The Morgan fingerprint density at radius 2 is 2.09 bits per heavy atom. The second-order valence-corrected chi connectivity index (χ2v) is 4.95. The number of carbonyl (C=O) groups is 1. The number of ether oxygens (including phenoxy) is 1. The van der Waals surface area contributed by atoms with Gasteiger partial charge in [0.2, 0.25) is 0 Å². The van der Waals surface area contributed by atoms with Crippen molar-refractivity contribution in [1.29, 1.82) is 0 Å². The van der Waals surface area contributed by atoms with E-state index in [0.29, 0.717) is 5.56 Å². The van der Waals surface area contributed by atoms with E-state index >= 15 is 0 Å². The third-order valence-corrected chi connectivity index (χ3v) is 3.39. The Morgan fingerprint density at radius 1 is 1.36 bits per heavy atom. The highest BCUT2D eigenvalue weighted by atomic mass is 16.5. The van der Waals surface area contributed by atoms with Crippen LogP contribution in [0.25, 0.3) is 11.3 Å². The summed E-state index contributed by atoms with van der Waals surface area (Å²) in [5, 5.41) is 0. The summed E-state index contributed by atoms with van der Waals surface area (Å²) in [4.78, 5) is 15.7. The molecular formula is C18H20N2O2. The lowest BCUT2D eigenvalue weighted by atomic mass is 10.1. The summed E-state index contributed by atoms with van der Waals surface area (Å²) in [6, 6.07) is 7.33. The summed E-state index contributed by atoms with van der Waals surface area (Å²) in [5.74, 6) is -0.331. The Hall–Kier alpha value is -2.62. The monoisotopic (exact) mass is 296 g/mol. The van der Waals surface area contributed by atoms with E-state index in [-0.39, 0.29) is 5.97 Å². The minimum absolute atomic E-state index is 0.331. The fraction of sp³-hybridized carbons (Fsp3) is 0.222. The van der Waals surface area contributed by atoms with Gasteiger partial charge in [0.05, 0.1) is 30.9 Å². The number of carbonyl (C=O) groups excluding carboxylic acids is 1. The van der Waals surface area contributed by atoms with Crippen LogP contribution in [0.3, 0.4) is 0 Å². The number of rotatable bonds is 6. The van der Waals surface area contributed by atoms with Crippen molar-refractivity contribution in [2.24, 2.45) is 0 Å². The van der Waals surface area contributed by atoms with Crippen molar-refractivity contribution in [3.8, 4) is 11.3 Å². The van der Waals surface area contributed by atoms with Gasteiger partial charge in [0, 0.05) is 6.54 Å². The molecule has 1 aromatic heterocycles. The normalized spacial score (nSPS) is 10.8. The summed E-state index contributed by atoms with van der Waals surface area (Å²) < 4.78 is 6.79. The van der Waals surface area contributed by atoms with Crippen LogP contribution in [0.1, 0.15) is 23.7 Å². The molecule has 0 aliphatic rings. The van der Waals surface area contributed by atoms with Gasteiger partial charge in [-0.05, 0) is 31.0 Å². The molecule has 0 N–H and O–H groups in total. The highest BCUT2D eigenvalue weighted by Gasteiger charge is 2.08. The zero-order valence-electron chi connectivity index (χ0n) is 13.0. The maximum absolute atomic E-state index is 11.5. The Morgan fingerprint density at radius 3 is 2.73 bits per heavy atom. The van der Waals surface area contributed by atoms with Crippen LogP contribution >= 0.6 is 0 Å². The van der Waals surface area contributed by atoms with Gasteiger partial charge >= 0.3 is 5.97 Å². The molecule has 0 bridgehead atoms. The van der Waals surface area contributed by atoms with Crippen LogP contribution in [0.5, 0.6) is 0 Å². The molecule has 4 heteroatoms. The predicted octanol–water partition coefficient (Wildman–Crippen LogP) is 3.86. The topological polar surface area (TPSA) is 44.1 Å². The number of imidazole rings is 1. The van der Waals surface area contributed by atoms with Crippen LogP contribution in [-0.4, -0.2) is 22.6 Å². The molecule has 1 heterocycles. The lowest BCUT2D eigenvalue weighted by Gasteiger charge is -2.09. The predicted molar refractivity (Wildman–Crippen MR) is 87.6 cm³/mol. The Kier molecular flexibility index (Phi) is 5.31. The number of esters is 1. The van der Waals surface area contributed by atoms with E-state index in [1.165, 1.54) is 7.11 Å². The van der Waals surface area contributed by atoms with Crippen LogP contribution in [0, 0.1) is 0 Å². The van der Waals surface area contributed by atoms with E-state index in [9.17, 15) is 4.79 Å². The smallest absolute Gasteiger partial charge is 0.337 e. The highest BCUT2D eigenvalue weighted by Crippen LogP contribution is 2.20. The van der Waals surface area contributed by atoms with E-state index in [4.69, 9.17) is 4.74 Å². The van der Waals surface area contributed by atoms with E-state index in [1.807, 2.05) is 43.7 Å². The molecule has 0 fully saturated rings. The molecule has 0 saturated heterocycles. The van der Waals surface area contributed by atoms with Gasteiger partial charge in [-0.1, -0.05) is 36.4 Å². The second kappa shape index (κ2) is 7.41. The summed E-state index contributed by atoms with van der Waals surface area (Å²) in [7, 11) is 1.38. The number of hydrogen-bond acceptors (Lipinski definition) is 3. The van der Waals surface area contributed by atoms with Gasteiger partial charge in [0.15, 0.2) is 0 Å². The molecule has 0 radical (unpaired) electrons. The highest BCUT2D eigenvalue weighted by molar-refractivity contribution is 5.89. The number of methoxy groups -OCH3 is 1. The zero-order valence-corrected chi connectivity index (χ0v) is 13.0. The second-order valence-electron chi connectivity index (χ2n) is 4.95. The van der Waals surface area contributed by atoms with E-state index < -0.39 is 0 Å². The van der Waals surface area contributed by atoms with Crippen LogP contribution in [0.15, 0.2) is 61.1 Å². The molecule has 4 nitrogen and oxygen atoms in total. The first-order chi connectivity index (χ1) is 10.7. The molecule has 0 aliphatic heterocycles. The average molecular weight is 296 g/mol. The third kappa shape index (κ3) is 3.73. The molecule has 0 atom stereocenters. The van der Waals surface area contributed by atoms with Gasteiger partial charge in [-0.15, -0.1) is 0 Å². The molecule has 0 saturated carbocycles. The summed E-state index contributed by atoms with van der Waals surface area (Å²) in [6.45, 7) is 6.81. The van der Waals surface area contributed by atoms with Crippen LogP contribution in [-0.2, 0) is 11.3 Å². The van der Waals surface area contributed by atoms with Gasteiger partial charge in [-0.25, -0.2) is 9.78 Å². The number of allylic oxidation sites excluding steroid dienone is 3. The van der Waals surface area contributed by atoms with Crippen molar-refractivity contribution < 1.29 is 9.53 Å². The van der Waals surface area contributed by atoms with Gasteiger partial charge in [0.1, 0.15) is 0 Å². The molecule has 1 aromatic carbocycles. The molecule has 0 amide bonds. The lowest BCUT2D eigenvalue weighted by Crippen LogP contribution is -2.02. The molecule has 0 unspecified atom stereocenters. The van der Waals surface area contributed by atoms with Crippen LogP contribution in [0.2, 0.25) is 0 Å². The Balaban J connectivity index is 2.15. The Bertz CT molecular complexity index is 681. The van der Waals surface area contributed by atoms with Gasteiger partial charge in [-0.2, -0.15) is 0 Å². The van der Waals surface area contributed by atoms with Crippen molar-refractivity contribution in [1.82, 2.24) is 9.55 Å². The maximum Gasteiger partial charge on any atom is 0.337 e. The van der Waals surface area contributed by atoms with Crippen molar-refractivity contribution in [2.45, 2.75) is 19.9 Å². The standard InChI is InChI=1S/C18H20N2O2/c1-4-5-14(2)10-11-20-13-19-12-17(20)15-6-8-16(9-7-15)18(21)22-3/h4-9,12-13H,2,10-11H2,1,3H3. The molecule has 0 aliphatic carbocycles. The third-order valence-electron chi connectivity index (χ3n) is 3.39. The largest absolute Gasteiger partial charge is 0.465 e. The van der Waals surface area contributed by atoms with Gasteiger partial charge < -0.3 is 9.30 Å². The molecule has 22 heavy (non-hydrogen) atoms. The molecular weight excluding hydrogens is 276 g/mol. The first kappa shape index (κ1) is 15.8. The maximum atomic E-state index is 11.5. The van der Waals surface area contributed by atoms with E-state index in [2.05, 4.69) is 16.1 Å². The fourth-order valence-corrected chi connectivity index (χ4v) is 2.22. The van der Waals surface area contributed by atoms with Crippen molar-refractivity contribution in [3.05, 3.63) is 66.7 Å². The van der Waals surface area contributed by atoms with Crippen molar-refractivity contribution in [2.75, 3.05) is 7.11 Å². The minimum atomic E-state index is -0.331. The lowest BCUT2D eigenvalue weighted by molar-refractivity contribution is 0.0601. The number of benzene rings is 1. The summed E-state index contributed by atoms with van der Waals surface area (Å²) >= 11 is 0. The number of aryl methyl sites for hydroxylation is 1. The SMILES string of the molecule is C=C(C=CC)CCn1cncc1-c1ccc(C(=O)OC)cc1. The molecule has 114 valence electrons. The number of aromatic nitrogens is 2. The minimum Gasteiger partial charge on any atom is -0.465 e. The zero-order chi connectivity index (χ0) is 15.9. The first-order valence-electron chi connectivity index (χ1n) is 7.15. The van der Waals surface area contributed by atoms with Crippen molar-refractivity contribution in [3.63, 3.8) is 0 Å². The van der Waals surface area contributed by atoms with Gasteiger partial charge in [-0.3, -0.25) is 0 Å². The summed E-state index contributed by atoms with van der Waals surface area (Å²) in [5.41, 5.74) is 3.66. The van der Waals surface area contributed by atoms with Crippen LogP contribution < -0.4 is 0 Å². The Labute approximate surface area is 130 Å². The molecule has 0 spiro atoms. The molecule has 2 rings (SSSR count).